The monoisotopic (exact) mass is 430 g/mol. The van der Waals surface area contributed by atoms with Gasteiger partial charge in [-0.2, -0.15) is 0 Å². The maximum atomic E-state index is 13.8. The zero-order valence-electron chi connectivity index (χ0n) is 16.8. The van der Waals surface area contributed by atoms with E-state index < -0.39 is 17.7 Å². The minimum atomic E-state index is -0.636. The number of halogens is 2. The van der Waals surface area contributed by atoms with Crippen LogP contribution < -0.4 is 21.1 Å². The number of pyridine rings is 1. The lowest BCUT2D eigenvalue weighted by Crippen LogP contribution is -2.41. The van der Waals surface area contributed by atoms with Crippen LogP contribution in [0, 0.1) is 17.6 Å². The number of hydrogen-bond donors (Lipinski definition) is 3. The molecular formula is C22H24F2N4O3. The summed E-state index contributed by atoms with van der Waals surface area (Å²) >= 11 is 0. The third kappa shape index (κ3) is 5.05. The zero-order chi connectivity index (χ0) is 22.0. The predicted octanol–water partition coefficient (Wildman–Crippen LogP) is 2.31. The van der Waals surface area contributed by atoms with Crippen LogP contribution in [0.15, 0.2) is 36.5 Å². The molecule has 164 valence electrons. The van der Waals surface area contributed by atoms with Gasteiger partial charge in [0.25, 0.3) is 0 Å². The van der Waals surface area contributed by atoms with Crippen LogP contribution in [0.25, 0.3) is 0 Å². The first-order chi connectivity index (χ1) is 14.9. The molecule has 2 aliphatic rings. The van der Waals surface area contributed by atoms with Crippen LogP contribution in [-0.2, 0) is 4.79 Å². The number of carbonyl (C=O) groups is 2. The van der Waals surface area contributed by atoms with E-state index in [-0.39, 0.29) is 41.8 Å². The normalized spacial score (nSPS) is 25.0. The summed E-state index contributed by atoms with van der Waals surface area (Å²) in [6.45, 7) is -0.0231. The molecule has 2 atom stereocenters. The molecule has 2 unspecified atom stereocenters. The summed E-state index contributed by atoms with van der Waals surface area (Å²) < 4.78 is 32.6. The van der Waals surface area contributed by atoms with Gasteiger partial charge in [0.1, 0.15) is 17.4 Å². The van der Waals surface area contributed by atoms with Gasteiger partial charge in [-0.3, -0.25) is 9.59 Å². The Bertz CT molecular complexity index is 962. The molecule has 1 aromatic carbocycles. The lowest BCUT2D eigenvalue weighted by molar-refractivity contribution is -0.120. The van der Waals surface area contributed by atoms with Gasteiger partial charge in [-0.25, -0.2) is 13.8 Å². The summed E-state index contributed by atoms with van der Waals surface area (Å²) in [5.41, 5.74) is 5.39. The second-order valence-corrected chi connectivity index (χ2v) is 7.98. The molecule has 0 spiro atoms. The number of nitrogens with one attached hydrogen (secondary N) is 2. The number of carbonyl (C=O) groups excluding carboxylic acids is 2. The highest BCUT2D eigenvalue weighted by molar-refractivity contribution is 6.04. The van der Waals surface area contributed by atoms with E-state index in [1.165, 1.54) is 24.3 Å². The molecule has 1 aliphatic carbocycles. The Morgan fingerprint density at radius 1 is 1.13 bits per heavy atom. The molecule has 2 aromatic rings. The van der Waals surface area contributed by atoms with E-state index in [1.54, 1.807) is 0 Å². The fraction of sp³-hybridized carbons (Fsp3) is 0.409. The Morgan fingerprint density at radius 3 is 2.52 bits per heavy atom. The molecule has 0 radical (unpaired) electrons. The number of rotatable bonds is 7. The summed E-state index contributed by atoms with van der Waals surface area (Å²) in [5, 5.41) is 6.12. The zero-order valence-corrected chi connectivity index (χ0v) is 16.8. The fourth-order valence-electron chi connectivity index (χ4n) is 4.17. The van der Waals surface area contributed by atoms with Crippen LogP contribution in [0.3, 0.4) is 0 Å². The van der Waals surface area contributed by atoms with E-state index in [0.29, 0.717) is 11.7 Å². The molecule has 31 heavy (non-hydrogen) atoms. The molecule has 1 amide bonds. The highest BCUT2D eigenvalue weighted by atomic mass is 19.1. The number of ketones is 1. The van der Waals surface area contributed by atoms with E-state index in [0.717, 1.165) is 37.9 Å². The molecule has 4 N–H and O–H groups in total. The smallest absolute Gasteiger partial charge is 0.233 e. The van der Waals surface area contributed by atoms with Crippen molar-refractivity contribution in [2.45, 2.75) is 43.8 Å². The highest BCUT2D eigenvalue weighted by Crippen LogP contribution is 2.36. The first kappa shape index (κ1) is 21.3. The van der Waals surface area contributed by atoms with Crippen LogP contribution in [0.1, 0.15) is 36.0 Å². The number of nitrogens with two attached hydrogens (primary N) is 1. The van der Waals surface area contributed by atoms with E-state index in [4.69, 9.17) is 10.5 Å². The van der Waals surface area contributed by atoms with Crippen molar-refractivity contribution in [1.82, 2.24) is 15.6 Å². The molecule has 1 saturated heterocycles. The van der Waals surface area contributed by atoms with Crippen molar-refractivity contribution in [3.05, 3.63) is 53.7 Å². The third-order valence-electron chi connectivity index (χ3n) is 5.85. The Hall–Kier alpha value is -2.91. The van der Waals surface area contributed by atoms with Crippen molar-refractivity contribution >= 4 is 11.7 Å². The summed E-state index contributed by atoms with van der Waals surface area (Å²) in [5.74, 6) is -0.920. The fourth-order valence-corrected chi connectivity index (χ4v) is 4.17. The van der Waals surface area contributed by atoms with Crippen LogP contribution in [0.4, 0.5) is 8.78 Å². The largest absolute Gasteiger partial charge is 0.438 e. The lowest BCUT2D eigenvalue weighted by Gasteiger charge is -2.28. The van der Waals surface area contributed by atoms with Gasteiger partial charge in [0.2, 0.25) is 11.8 Å². The Balaban J connectivity index is 1.40. The average Bonchev–Trinajstić information content (AvgIpc) is 3.57. The number of nitrogens with zero attached hydrogens (tertiary/aromatic N) is 1. The van der Waals surface area contributed by atoms with Crippen LogP contribution in [0.2, 0.25) is 0 Å². The van der Waals surface area contributed by atoms with Crippen molar-refractivity contribution < 1.29 is 23.1 Å². The lowest BCUT2D eigenvalue weighted by atomic mass is 9.82. The molecular weight excluding hydrogens is 406 g/mol. The first-order valence-electron chi connectivity index (χ1n) is 10.3. The summed E-state index contributed by atoms with van der Waals surface area (Å²) in [4.78, 5) is 28.4. The van der Waals surface area contributed by atoms with Crippen molar-refractivity contribution in [2.24, 2.45) is 11.7 Å². The SMILES string of the molecule is NCC(=O)NC1CCC(C2NC2C(=O)c2cc(F)cnc2Oc2ccc(F)cc2)CC1. The highest BCUT2D eigenvalue weighted by Gasteiger charge is 2.48. The quantitative estimate of drug-likeness (QED) is 0.459. The molecule has 7 nitrogen and oxygen atoms in total. The maximum absolute atomic E-state index is 13.8. The van der Waals surface area contributed by atoms with Gasteiger partial charge in [0.05, 0.1) is 24.3 Å². The Labute approximate surface area is 178 Å². The van der Waals surface area contributed by atoms with Crippen molar-refractivity contribution in [3.8, 4) is 11.6 Å². The van der Waals surface area contributed by atoms with Crippen molar-refractivity contribution in [3.63, 3.8) is 0 Å². The molecule has 0 bridgehead atoms. The maximum Gasteiger partial charge on any atom is 0.233 e. The van der Waals surface area contributed by atoms with E-state index >= 15 is 0 Å². The Morgan fingerprint density at radius 2 is 1.84 bits per heavy atom. The van der Waals surface area contributed by atoms with Gasteiger partial charge in [0.15, 0.2) is 5.78 Å². The number of Topliss-reactive ketones (excluding diaryl/α,β-unsaturated/α-hetero) is 1. The molecule has 1 aromatic heterocycles. The number of ether oxygens (including phenoxy) is 1. The van der Waals surface area contributed by atoms with Crippen LogP contribution in [0.5, 0.6) is 11.6 Å². The molecule has 2 fully saturated rings. The molecule has 4 rings (SSSR count). The van der Waals surface area contributed by atoms with Gasteiger partial charge in [-0.05, 0) is 61.9 Å². The van der Waals surface area contributed by atoms with Gasteiger partial charge in [-0.1, -0.05) is 0 Å². The van der Waals surface area contributed by atoms with Crippen molar-refractivity contribution in [2.75, 3.05) is 6.54 Å². The van der Waals surface area contributed by atoms with Crippen LogP contribution in [-0.4, -0.2) is 41.3 Å². The molecule has 9 heteroatoms. The predicted molar refractivity (Wildman–Crippen MR) is 109 cm³/mol. The van der Waals surface area contributed by atoms with Crippen molar-refractivity contribution in [1.29, 1.82) is 0 Å². The number of benzene rings is 1. The summed E-state index contributed by atoms with van der Waals surface area (Å²) in [7, 11) is 0. The molecule has 1 aliphatic heterocycles. The van der Waals surface area contributed by atoms with Gasteiger partial charge in [0, 0.05) is 12.1 Å². The third-order valence-corrected chi connectivity index (χ3v) is 5.85. The summed E-state index contributed by atoms with van der Waals surface area (Å²) in [6.07, 6.45) is 4.38. The first-order valence-corrected chi connectivity index (χ1v) is 10.3. The second kappa shape index (κ2) is 9.07. The van der Waals surface area contributed by atoms with Crippen LogP contribution >= 0.6 is 0 Å². The summed E-state index contributed by atoms with van der Waals surface area (Å²) in [6, 6.07) is 6.08. The standard InChI is InChI=1S/C22H24F2N4O3/c23-13-3-7-16(8-4-13)31-22-17(9-14(24)11-26-22)21(30)20-19(28-20)12-1-5-15(6-2-12)27-18(29)10-25/h3-4,7-9,11-12,15,19-20,28H,1-2,5-6,10,25H2,(H,27,29). The minimum Gasteiger partial charge on any atom is -0.438 e. The van der Waals surface area contributed by atoms with E-state index in [1.807, 2.05) is 0 Å². The van der Waals surface area contributed by atoms with E-state index in [2.05, 4.69) is 15.6 Å². The average molecular weight is 430 g/mol. The Kier molecular flexibility index (Phi) is 6.24. The molecule has 1 saturated carbocycles. The number of hydrogen-bond acceptors (Lipinski definition) is 6. The van der Waals surface area contributed by atoms with Gasteiger partial charge >= 0.3 is 0 Å². The van der Waals surface area contributed by atoms with Gasteiger partial charge < -0.3 is 21.1 Å². The topological polar surface area (TPSA) is 116 Å². The van der Waals surface area contributed by atoms with E-state index in [9.17, 15) is 18.4 Å². The minimum absolute atomic E-state index is 0.000554. The molecule has 2 heterocycles. The number of amides is 1. The number of aromatic nitrogens is 1. The van der Waals surface area contributed by atoms with Gasteiger partial charge in [-0.15, -0.1) is 0 Å². The second-order valence-electron chi connectivity index (χ2n) is 7.98.